The molecule has 6 heteroatoms. The number of thiazole rings is 1. The second-order valence-electron chi connectivity index (χ2n) is 5.36. The summed E-state index contributed by atoms with van der Waals surface area (Å²) >= 11 is 1.53. The van der Waals surface area contributed by atoms with Crippen molar-refractivity contribution in [1.82, 2.24) is 4.98 Å². The summed E-state index contributed by atoms with van der Waals surface area (Å²) < 4.78 is 5.76. The van der Waals surface area contributed by atoms with Crippen molar-refractivity contribution in [3.8, 4) is 0 Å². The van der Waals surface area contributed by atoms with E-state index < -0.39 is 5.97 Å². The van der Waals surface area contributed by atoms with E-state index in [0.29, 0.717) is 11.3 Å². The average molecular weight is 352 g/mol. The van der Waals surface area contributed by atoms with Crippen molar-refractivity contribution in [1.29, 1.82) is 0 Å². The van der Waals surface area contributed by atoms with Crippen LogP contribution in [0.15, 0.2) is 48.5 Å². The smallest absolute Gasteiger partial charge is 0.337 e. The highest BCUT2D eigenvalue weighted by molar-refractivity contribution is 7.19. The number of aromatic nitrogens is 1. The van der Waals surface area contributed by atoms with E-state index in [2.05, 4.69) is 15.0 Å². The lowest BCUT2D eigenvalue weighted by atomic mass is 10.1. The van der Waals surface area contributed by atoms with Gasteiger partial charge in [0.1, 0.15) is 5.01 Å². The van der Waals surface area contributed by atoms with Gasteiger partial charge in [0.15, 0.2) is 0 Å². The van der Waals surface area contributed by atoms with Gasteiger partial charge in [-0.15, -0.1) is 11.3 Å². The monoisotopic (exact) mass is 352 g/mol. The van der Waals surface area contributed by atoms with Crippen molar-refractivity contribution >= 4 is 45.2 Å². The van der Waals surface area contributed by atoms with Crippen LogP contribution in [0.5, 0.6) is 0 Å². The fourth-order valence-electron chi connectivity index (χ4n) is 2.33. The molecule has 2 aromatic carbocycles. The van der Waals surface area contributed by atoms with E-state index in [9.17, 15) is 9.59 Å². The predicted octanol–water partition coefficient (Wildman–Crippen LogP) is 4.04. The Morgan fingerprint density at radius 2 is 2.00 bits per heavy atom. The number of nitrogens with zero attached hydrogens (tertiary/aromatic N) is 1. The van der Waals surface area contributed by atoms with Crippen molar-refractivity contribution in [3.05, 3.63) is 64.7 Å². The zero-order chi connectivity index (χ0) is 17.8. The second kappa shape index (κ2) is 7.27. The summed E-state index contributed by atoms with van der Waals surface area (Å²) in [6, 6.07) is 12.8. The third-order valence-electron chi connectivity index (χ3n) is 3.59. The number of hydrogen-bond acceptors (Lipinski definition) is 5. The van der Waals surface area contributed by atoms with E-state index in [-0.39, 0.29) is 5.91 Å². The number of rotatable bonds is 4. The number of aryl methyl sites for hydroxylation is 1. The Morgan fingerprint density at radius 1 is 1.20 bits per heavy atom. The number of methoxy groups -OCH3 is 1. The molecule has 0 saturated heterocycles. The molecule has 5 nitrogen and oxygen atoms in total. The fourth-order valence-corrected chi connectivity index (χ4v) is 3.20. The quantitative estimate of drug-likeness (QED) is 0.568. The Hall–Kier alpha value is -2.99. The average Bonchev–Trinajstić information content (AvgIpc) is 3.04. The van der Waals surface area contributed by atoms with E-state index in [1.807, 2.05) is 31.2 Å². The van der Waals surface area contributed by atoms with Crippen LogP contribution < -0.4 is 5.32 Å². The largest absolute Gasteiger partial charge is 0.465 e. The van der Waals surface area contributed by atoms with Gasteiger partial charge in [0.25, 0.3) is 0 Å². The number of para-hydroxylation sites is 1. The van der Waals surface area contributed by atoms with Crippen LogP contribution >= 0.6 is 11.3 Å². The molecule has 0 bridgehead atoms. The third kappa shape index (κ3) is 3.92. The Kier molecular flexibility index (Phi) is 4.90. The zero-order valence-electron chi connectivity index (χ0n) is 13.8. The van der Waals surface area contributed by atoms with E-state index in [4.69, 9.17) is 0 Å². The molecule has 126 valence electrons. The van der Waals surface area contributed by atoms with Gasteiger partial charge in [-0.3, -0.25) is 4.79 Å². The molecule has 0 radical (unpaired) electrons. The van der Waals surface area contributed by atoms with E-state index in [1.165, 1.54) is 24.5 Å². The molecule has 1 N–H and O–H groups in total. The first-order valence-electron chi connectivity index (χ1n) is 7.60. The molecule has 0 fully saturated rings. The van der Waals surface area contributed by atoms with Crippen LogP contribution in [-0.4, -0.2) is 24.0 Å². The maximum absolute atomic E-state index is 12.1. The van der Waals surface area contributed by atoms with Crippen molar-refractivity contribution < 1.29 is 14.3 Å². The van der Waals surface area contributed by atoms with Gasteiger partial charge in [0.2, 0.25) is 5.91 Å². The van der Waals surface area contributed by atoms with Crippen molar-refractivity contribution in [2.75, 3.05) is 12.4 Å². The number of nitrogens with one attached hydrogen (secondary N) is 1. The highest BCUT2D eigenvalue weighted by atomic mass is 32.1. The van der Waals surface area contributed by atoms with Crippen LogP contribution in [0.2, 0.25) is 0 Å². The molecular weight excluding hydrogens is 336 g/mol. The van der Waals surface area contributed by atoms with E-state index in [1.54, 1.807) is 24.3 Å². The minimum atomic E-state index is -0.406. The number of fused-ring (bicyclic) bond motifs is 1. The van der Waals surface area contributed by atoms with Crippen LogP contribution in [0.3, 0.4) is 0 Å². The summed E-state index contributed by atoms with van der Waals surface area (Å²) in [4.78, 5) is 28.1. The topological polar surface area (TPSA) is 68.3 Å². The fraction of sp³-hybridized carbons (Fsp3) is 0.105. The summed E-state index contributed by atoms with van der Waals surface area (Å²) in [5.41, 5.74) is 2.79. The molecule has 0 aliphatic heterocycles. The third-order valence-corrected chi connectivity index (χ3v) is 4.59. The molecule has 0 aliphatic rings. The molecule has 25 heavy (non-hydrogen) atoms. The first-order chi connectivity index (χ1) is 12.1. The van der Waals surface area contributed by atoms with Crippen LogP contribution in [0.25, 0.3) is 16.3 Å². The SMILES string of the molecule is COC(=O)c1ccc(NC(=O)/C=C/c2nc3ccccc3s2)c(C)c1. The van der Waals surface area contributed by atoms with Gasteiger partial charge in [0, 0.05) is 11.8 Å². The molecule has 3 rings (SSSR count). The number of ether oxygens (including phenoxy) is 1. The van der Waals surface area contributed by atoms with Crippen LogP contribution in [0, 0.1) is 6.92 Å². The Morgan fingerprint density at radius 3 is 2.72 bits per heavy atom. The van der Waals surface area contributed by atoms with Gasteiger partial charge in [-0.1, -0.05) is 12.1 Å². The lowest BCUT2D eigenvalue weighted by Crippen LogP contribution is -2.10. The minimum absolute atomic E-state index is 0.256. The number of benzene rings is 2. The molecule has 0 unspecified atom stereocenters. The molecule has 0 atom stereocenters. The first-order valence-corrected chi connectivity index (χ1v) is 8.42. The number of amides is 1. The Labute approximate surface area is 149 Å². The first kappa shape index (κ1) is 16.9. The lowest BCUT2D eigenvalue weighted by Gasteiger charge is -2.08. The number of esters is 1. The maximum atomic E-state index is 12.1. The van der Waals surface area contributed by atoms with Gasteiger partial charge >= 0.3 is 5.97 Å². The van der Waals surface area contributed by atoms with Gasteiger partial charge < -0.3 is 10.1 Å². The normalized spacial score (nSPS) is 11.0. The number of hydrogen-bond donors (Lipinski definition) is 1. The molecule has 0 spiro atoms. The molecule has 1 heterocycles. The number of anilines is 1. The number of carbonyl (C=O) groups is 2. The minimum Gasteiger partial charge on any atom is -0.465 e. The van der Waals surface area contributed by atoms with Crippen LogP contribution in [0.1, 0.15) is 20.9 Å². The molecule has 0 aliphatic carbocycles. The maximum Gasteiger partial charge on any atom is 0.337 e. The van der Waals surface area contributed by atoms with Gasteiger partial charge in [-0.2, -0.15) is 0 Å². The van der Waals surface area contributed by atoms with E-state index in [0.717, 1.165) is 20.8 Å². The van der Waals surface area contributed by atoms with Gasteiger partial charge in [0.05, 0.1) is 22.9 Å². The molecule has 1 amide bonds. The van der Waals surface area contributed by atoms with Gasteiger partial charge in [-0.25, -0.2) is 9.78 Å². The summed E-state index contributed by atoms with van der Waals surface area (Å²) in [5, 5.41) is 3.57. The van der Waals surface area contributed by atoms with Crippen molar-refractivity contribution in [2.24, 2.45) is 0 Å². The summed E-state index contributed by atoms with van der Waals surface area (Å²) in [7, 11) is 1.33. The van der Waals surface area contributed by atoms with Gasteiger partial charge in [-0.05, 0) is 48.9 Å². The highest BCUT2D eigenvalue weighted by Crippen LogP contribution is 2.22. The molecular formula is C19H16N2O3S. The van der Waals surface area contributed by atoms with Crippen LogP contribution in [-0.2, 0) is 9.53 Å². The molecule has 1 aromatic heterocycles. The molecule has 3 aromatic rings. The Balaban J connectivity index is 1.70. The Bertz CT molecular complexity index is 943. The van der Waals surface area contributed by atoms with Crippen molar-refractivity contribution in [2.45, 2.75) is 6.92 Å². The van der Waals surface area contributed by atoms with E-state index >= 15 is 0 Å². The zero-order valence-corrected chi connectivity index (χ0v) is 14.6. The summed E-state index contributed by atoms with van der Waals surface area (Å²) in [5.74, 6) is -0.662. The predicted molar refractivity (Wildman–Crippen MR) is 99.8 cm³/mol. The van der Waals surface area contributed by atoms with Crippen LogP contribution in [0.4, 0.5) is 5.69 Å². The highest BCUT2D eigenvalue weighted by Gasteiger charge is 2.09. The summed E-state index contributed by atoms with van der Waals surface area (Å²) in [6.45, 7) is 1.82. The number of carbonyl (C=O) groups excluding carboxylic acids is 2. The molecule has 0 saturated carbocycles. The lowest BCUT2D eigenvalue weighted by molar-refractivity contribution is -0.111. The standard InChI is InChI=1S/C19H16N2O3S/c1-12-11-13(19(23)24-2)7-8-14(12)20-17(22)9-10-18-21-15-5-3-4-6-16(15)25-18/h3-11H,1-2H3,(H,20,22)/b10-9+. The summed E-state index contributed by atoms with van der Waals surface area (Å²) in [6.07, 6.45) is 3.14. The second-order valence-corrected chi connectivity index (χ2v) is 6.43. The van der Waals surface area contributed by atoms with Crippen molar-refractivity contribution in [3.63, 3.8) is 0 Å².